The van der Waals surface area contributed by atoms with Crippen LogP contribution in [-0.2, 0) is 6.54 Å². The number of nitrogen functional groups attached to an aromatic ring is 1. The number of aromatic nitrogens is 3. The first-order valence-corrected chi connectivity index (χ1v) is 6.46. The molecule has 0 radical (unpaired) electrons. The van der Waals surface area contributed by atoms with Crippen LogP contribution in [-0.4, -0.2) is 22.0 Å². The Morgan fingerprint density at radius 2 is 2.17 bits per heavy atom. The summed E-state index contributed by atoms with van der Waals surface area (Å²) in [5, 5.41) is 2.03. The van der Waals surface area contributed by atoms with E-state index in [9.17, 15) is 0 Å². The van der Waals surface area contributed by atoms with Gasteiger partial charge in [-0.25, -0.2) is 20.8 Å². The van der Waals surface area contributed by atoms with E-state index in [-0.39, 0.29) is 0 Å². The molecular formula is C11H16N6S. The number of thiazole rings is 1. The van der Waals surface area contributed by atoms with Crippen molar-refractivity contribution in [1.82, 2.24) is 15.0 Å². The van der Waals surface area contributed by atoms with E-state index >= 15 is 0 Å². The van der Waals surface area contributed by atoms with Crippen molar-refractivity contribution >= 4 is 23.0 Å². The topological polar surface area (TPSA) is 80.0 Å². The predicted octanol–water partition coefficient (Wildman–Crippen LogP) is 1.47. The quantitative estimate of drug-likeness (QED) is 0.643. The van der Waals surface area contributed by atoms with Gasteiger partial charge in [0, 0.05) is 18.0 Å². The largest absolute Gasteiger partial charge is 0.353 e. The fourth-order valence-corrected chi connectivity index (χ4v) is 2.31. The van der Waals surface area contributed by atoms with E-state index in [2.05, 4.69) is 20.4 Å². The molecule has 0 aliphatic carbocycles. The van der Waals surface area contributed by atoms with Crippen LogP contribution in [0, 0.1) is 13.8 Å². The van der Waals surface area contributed by atoms with Crippen LogP contribution in [0.3, 0.4) is 0 Å². The third-order valence-electron chi connectivity index (χ3n) is 2.61. The van der Waals surface area contributed by atoms with Gasteiger partial charge >= 0.3 is 0 Å². The van der Waals surface area contributed by atoms with Crippen molar-refractivity contribution in [3.63, 3.8) is 0 Å². The third-order valence-corrected chi connectivity index (χ3v) is 3.25. The maximum atomic E-state index is 5.46. The van der Waals surface area contributed by atoms with Crippen molar-refractivity contribution in [3.05, 3.63) is 28.0 Å². The first-order chi connectivity index (χ1) is 8.61. The Balaban J connectivity index is 2.29. The lowest BCUT2D eigenvalue weighted by atomic mass is 10.3. The number of hydrazine groups is 1. The zero-order valence-corrected chi connectivity index (χ0v) is 11.5. The van der Waals surface area contributed by atoms with Crippen LogP contribution in [0.25, 0.3) is 0 Å². The SMILES string of the molecule is Cc1nc(NN)c(C)c(N(C)Cc2cscn2)n1. The van der Waals surface area contributed by atoms with Crippen LogP contribution in [0.15, 0.2) is 10.9 Å². The summed E-state index contributed by atoms with van der Waals surface area (Å²) in [6.45, 7) is 4.51. The third kappa shape index (κ3) is 2.57. The minimum Gasteiger partial charge on any atom is -0.353 e. The van der Waals surface area contributed by atoms with Gasteiger partial charge in [-0.05, 0) is 13.8 Å². The summed E-state index contributed by atoms with van der Waals surface area (Å²) in [5.41, 5.74) is 6.39. The van der Waals surface area contributed by atoms with Gasteiger partial charge in [0.15, 0.2) is 0 Å². The van der Waals surface area contributed by atoms with E-state index < -0.39 is 0 Å². The fourth-order valence-electron chi connectivity index (χ4n) is 1.76. The van der Waals surface area contributed by atoms with Crippen LogP contribution >= 0.6 is 11.3 Å². The van der Waals surface area contributed by atoms with Gasteiger partial charge in [0.25, 0.3) is 0 Å². The van der Waals surface area contributed by atoms with E-state index in [1.807, 2.05) is 36.7 Å². The molecule has 0 aliphatic rings. The number of hydrogen-bond acceptors (Lipinski definition) is 7. The number of rotatable bonds is 4. The lowest BCUT2D eigenvalue weighted by molar-refractivity contribution is 0.852. The van der Waals surface area contributed by atoms with Crippen molar-refractivity contribution in [2.24, 2.45) is 5.84 Å². The normalized spacial score (nSPS) is 10.4. The molecular weight excluding hydrogens is 248 g/mol. The van der Waals surface area contributed by atoms with Crippen molar-refractivity contribution in [2.45, 2.75) is 20.4 Å². The van der Waals surface area contributed by atoms with Gasteiger partial charge in [0.05, 0.1) is 17.7 Å². The van der Waals surface area contributed by atoms with Crippen LogP contribution in [0.1, 0.15) is 17.1 Å². The Hall–Kier alpha value is -1.73. The molecule has 6 nitrogen and oxygen atoms in total. The summed E-state index contributed by atoms with van der Waals surface area (Å²) in [6.07, 6.45) is 0. The Kier molecular flexibility index (Phi) is 3.73. The molecule has 0 aromatic carbocycles. The number of hydrogen-bond donors (Lipinski definition) is 2. The minimum atomic E-state index is 0.655. The Morgan fingerprint density at radius 3 is 2.78 bits per heavy atom. The molecule has 7 heteroatoms. The summed E-state index contributed by atoms with van der Waals surface area (Å²) in [4.78, 5) is 15.0. The van der Waals surface area contributed by atoms with E-state index in [1.165, 1.54) is 0 Å². The Morgan fingerprint density at radius 1 is 1.39 bits per heavy atom. The monoisotopic (exact) mass is 264 g/mol. The van der Waals surface area contributed by atoms with Gasteiger partial charge < -0.3 is 10.3 Å². The highest BCUT2D eigenvalue weighted by Crippen LogP contribution is 2.23. The maximum absolute atomic E-state index is 5.46. The number of nitrogens with one attached hydrogen (secondary N) is 1. The average molecular weight is 264 g/mol. The highest BCUT2D eigenvalue weighted by atomic mass is 32.1. The molecule has 2 rings (SSSR count). The lowest BCUT2D eigenvalue weighted by Gasteiger charge is -2.20. The molecule has 0 saturated heterocycles. The number of nitrogens with zero attached hydrogens (tertiary/aromatic N) is 4. The predicted molar refractivity (Wildman–Crippen MR) is 73.5 cm³/mol. The van der Waals surface area contributed by atoms with Crippen molar-refractivity contribution in [2.75, 3.05) is 17.4 Å². The van der Waals surface area contributed by atoms with Crippen molar-refractivity contribution in [3.8, 4) is 0 Å². The molecule has 18 heavy (non-hydrogen) atoms. The number of aryl methyl sites for hydroxylation is 1. The van der Waals surface area contributed by atoms with Gasteiger partial charge in [0.2, 0.25) is 0 Å². The zero-order chi connectivity index (χ0) is 13.1. The molecule has 2 aromatic heterocycles. The van der Waals surface area contributed by atoms with Gasteiger partial charge in [-0.1, -0.05) is 0 Å². The second kappa shape index (κ2) is 5.28. The molecule has 0 saturated carbocycles. The van der Waals surface area contributed by atoms with E-state index in [1.54, 1.807) is 11.3 Å². The summed E-state index contributed by atoms with van der Waals surface area (Å²) >= 11 is 1.59. The summed E-state index contributed by atoms with van der Waals surface area (Å²) < 4.78 is 0. The molecule has 0 spiro atoms. The van der Waals surface area contributed by atoms with Crippen molar-refractivity contribution < 1.29 is 0 Å². The first kappa shape index (κ1) is 12.7. The highest BCUT2D eigenvalue weighted by molar-refractivity contribution is 7.07. The molecule has 0 bridgehead atoms. The van der Waals surface area contributed by atoms with Crippen LogP contribution in [0.5, 0.6) is 0 Å². The maximum Gasteiger partial charge on any atom is 0.148 e. The van der Waals surface area contributed by atoms with E-state index in [0.717, 1.165) is 17.1 Å². The fraction of sp³-hybridized carbons (Fsp3) is 0.364. The zero-order valence-electron chi connectivity index (χ0n) is 10.6. The van der Waals surface area contributed by atoms with Gasteiger partial charge in [0.1, 0.15) is 17.5 Å². The number of nitrogens with two attached hydrogens (primary N) is 1. The first-order valence-electron chi connectivity index (χ1n) is 5.52. The molecule has 96 valence electrons. The molecule has 0 atom stereocenters. The molecule has 0 amide bonds. The molecule has 2 aromatic rings. The average Bonchev–Trinajstić information content (AvgIpc) is 2.84. The lowest BCUT2D eigenvalue weighted by Crippen LogP contribution is -2.21. The van der Waals surface area contributed by atoms with Crippen LogP contribution in [0.4, 0.5) is 11.6 Å². The molecule has 0 aliphatic heterocycles. The number of anilines is 2. The van der Waals surface area contributed by atoms with E-state index in [4.69, 9.17) is 5.84 Å². The van der Waals surface area contributed by atoms with Crippen LogP contribution in [0.2, 0.25) is 0 Å². The molecule has 3 N–H and O–H groups in total. The highest BCUT2D eigenvalue weighted by Gasteiger charge is 2.13. The smallest absolute Gasteiger partial charge is 0.148 e. The summed E-state index contributed by atoms with van der Waals surface area (Å²) in [6, 6.07) is 0. The standard InChI is InChI=1S/C11H16N6S/c1-7-10(16-12)14-8(2)15-11(7)17(3)4-9-5-18-6-13-9/h5-6H,4,12H2,1-3H3,(H,14,15,16). The second-order valence-corrected chi connectivity index (χ2v) is 4.77. The van der Waals surface area contributed by atoms with Crippen molar-refractivity contribution in [1.29, 1.82) is 0 Å². The van der Waals surface area contributed by atoms with Crippen LogP contribution < -0.4 is 16.2 Å². The second-order valence-electron chi connectivity index (χ2n) is 4.05. The van der Waals surface area contributed by atoms with Gasteiger partial charge in [-0.2, -0.15) is 0 Å². The summed E-state index contributed by atoms with van der Waals surface area (Å²) in [5.74, 6) is 7.66. The Labute approximate surface area is 110 Å². The molecule has 0 unspecified atom stereocenters. The van der Waals surface area contributed by atoms with Gasteiger partial charge in [-0.3, -0.25) is 0 Å². The van der Waals surface area contributed by atoms with Gasteiger partial charge in [-0.15, -0.1) is 11.3 Å². The summed E-state index contributed by atoms with van der Waals surface area (Å²) in [7, 11) is 1.98. The van der Waals surface area contributed by atoms with E-state index in [0.29, 0.717) is 18.2 Å². The minimum absolute atomic E-state index is 0.655. The molecule has 0 fully saturated rings. The molecule has 2 heterocycles. The Bertz CT molecular complexity index is 525.